The summed E-state index contributed by atoms with van der Waals surface area (Å²) in [5, 5.41) is 21.4. The van der Waals surface area contributed by atoms with Gasteiger partial charge in [-0.1, -0.05) is 31.6 Å². The second kappa shape index (κ2) is 8.82. The van der Waals surface area contributed by atoms with Crippen molar-refractivity contribution < 1.29 is 43.5 Å². The maximum absolute atomic E-state index is 14.8. The minimum atomic E-state index is -1.76. The molecule has 230 valence electrons. The number of aromatic hydroxyl groups is 1. The molecule has 43 heavy (non-hydrogen) atoms. The highest BCUT2D eigenvalue weighted by molar-refractivity contribution is 6.20. The molecule has 1 saturated heterocycles. The molecule has 4 bridgehead atoms. The highest BCUT2D eigenvalue weighted by atomic mass is 16.6. The summed E-state index contributed by atoms with van der Waals surface area (Å²) in [5.41, 5.74) is -3.91. The Balaban J connectivity index is 1.70. The quantitative estimate of drug-likeness (QED) is 0.340. The maximum Gasteiger partial charge on any atom is 0.330 e. The topological polar surface area (TPSA) is 129 Å². The van der Waals surface area contributed by atoms with Gasteiger partial charge in [0.05, 0.1) is 5.60 Å². The maximum atomic E-state index is 14.8. The third-order valence-electron chi connectivity index (χ3n) is 10.7. The van der Waals surface area contributed by atoms with Gasteiger partial charge in [-0.2, -0.15) is 0 Å². The lowest BCUT2D eigenvalue weighted by molar-refractivity contribution is -0.190. The number of phenolic OH excluding ortho intramolecular Hbond substituents is 1. The Bertz CT molecular complexity index is 1600. The van der Waals surface area contributed by atoms with Crippen molar-refractivity contribution in [3.05, 3.63) is 51.6 Å². The molecule has 1 spiro atoms. The van der Waals surface area contributed by atoms with Crippen LogP contribution in [0.2, 0.25) is 0 Å². The first-order valence-electron chi connectivity index (χ1n) is 14.8. The minimum absolute atomic E-state index is 0.0365. The number of ether oxygens (including phenoxy) is 4. The van der Waals surface area contributed by atoms with Crippen LogP contribution in [0.4, 0.5) is 0 Å². The number of allylic oxidation sites excluding steroid dienone is 2. The Kier molecular flexibility index (Phi) is 6.08. The molecule has 0 radical (unpaired) electrons. The first kappa shape index (κ1) is 29.6. The molecule has 0 aromatic heterocycles. The van der Waals surface area contributed by atoms with E-state index in [0.29, 0.717) is 23.3 Å². The fourth-order valence-electron chi connectivity index (χ4n) is 8.02. The van der Waals surface area contributed by atoms with Crippen molar-refractivity contribution in [1.29, 1.82) is 0 Å². The number of phenols is 1. The summed E-state index contributed by atoms with van der Waals surface area (Å²) in [6.45, 7) is 15.1. The molecule has 5 atom stereocenters. The van der Waals surface area contributed by atoms with Gasteiger partial charge in [0.25, 0.3) is 0 Å². The summed E-state index contributed by atoms with van der Waals surface area (Å²) in [6.07, 6.45) is 5.11. The molecule has 9 nitrogen and oxygen atoms in total. The molecule has 6 aliphatic rings. The van der Waals surface area contributed by atoms with Gasteiger partial charge in [-0.25, -0.2) is 4.79 Å². The number of fused-ring (bicyclic) bond motifs is 3. The van der Waals surface area contributed by atoms with Crippen LogP contribution in [-0.2, 0) is 30.9 Å². The molecule has 1 unspecified atom stereocenters. The number of aliphatic carboxylic acids is 1. The summed E-state index contributed by atoms with van der Waals surface area (Å²) in [6, 6.07) is 0. The molecule has 0 amide bonds. The van der Waals surface area contributed by atoms with Crippen LogP contribution in [0.5, 0.6) is 17.2 Å². The van der Waals surface area contributed by atoms with Crippen molar-refractivity contribution in [1.82, 2.24) is 0 Å². The predicted molar refractivity (Wildman–Crippen MR) is 157 cm³/mol. The molecule has 1 saturated carbocycles. The molecule has 3 aliphatic heterocycles. The molecule has 3 heterocycles. The van der Waals surface area contributed by atoms with Crippen LogP contribution in [0.15, 0.2) is 34.9 Å². The summed E-state index contributed by atoms with van der Waals surface area (Å²) < 4.78 is 26.1. The fraction of sp³-hybridized carbons (Fsp3) is 0.559. The van der Waals surface area contributed by atoms with Gasteiger partial charge in [0.1, 0.15) is 34.5 Å². The molecular weight excluding hydrogens is 552 g/mol. The number of hydrogen-bond donors (Lipinski definition) is 2. The Morgan fingerprint density at radius 1 is 1.12 bits per heavy atom. The second-order valence-electron chi connectivity index (χ2n) is 14.0. The van der Waals surface area contributed by atoms with E-state index < -0.39 is 51.3 Å². The van der Waals surface area contributed by atoms with E-state index in [1.54, 1.807) is 6.08 Å². The highest BCUT2D eigenvalue weighted by Gasteiger charge is 2.84. The first-order chi connectivity index (χ1) is 19.9. The van der Waals surface area contributed by atoms with E-state index in [-0.39, 0.29) is 47.2 Å². The molecule has 7 rings (SSSR count). The van der Waals surface area contributed by atoms with E-state index in [1.807, 2.05) is 54.5 Å². The largest absolute Gasteiger partial charge is 0.507 e. The van der Waals surface area contributed by atoms with Crippen LogP contribution < -0.4 is 9.47 Å². The average Bonchev–Trinajstić information content (AvgIpc) is 3.25. The summed E-state index contributed by atoms with van der Waals surface area (Å²) >= 11 is 0. The van der Waals surface area contributed by atoms with Crippen LogP contribution in [0.3, 0.4) is 0 Å². The average molecular weight is 593 g/mol. The standard InChI is InChI=1S/C34H40O9/c1-16(2)10-11-19-24(35)22-25(36)20-14-32(40-9)15-21-31(7,8)43-33(29(32)39,13-12-17(3)28(37)38)34(20,21)42-27(22)23-26(19)41-18(4)30(23,5)6/h10,12,14,18,21,35H,11,13,15H2,1-9H3,(H,37,38)/b17-12+/t18-,21?,32+,33+,34-/m0/s1. The number of carboxylic acid groups (broad SMARTS) is 1. The van der Waals surface area contributed by atoms with Gasteiger partial charge in [-0.3, -0.25) is 9.59 Å². The zero-order valence-electron chi connectivity index (χ0n) is 26.3. The zero-order chi connectivity index (χ0) is 31.7. The van der Waals surface area contributed by atoms with Gasteiger partial charge in [0, 0.05) is 47.1 Å². The Labute approximate surface area is 251 Å². The van der Waals surface area contributed by atoms with E-state index in [0.717, 1.165) is 5.57 Å². The highest BCUT2D eigenvalue weighted by Crippen LogP contribution is 2.70. The monoisotopic (exact) mass is 592 g/mol. The van der Waals surface area contributed by atoms with Crippen molar-refractivity contribution in [2.24, 2.45) is 5.92 Å². The lowest BCUT2D eigenvalue weighted by Crippen LogP contribution is -2.77. The fourth-order valence-corrected chi connectivity index (χ4v) is 8.02. The van der Waals surface area contributed by atoms with E-state index in [4.69, 9.17) is 18.9 Å². The van der Waals surface area contributed by atoms with Gasteiger partial charge in [-0.15, -0.1) is 0 Å². The molecule has 1 aromatic rings. The van der Waals surface area contributed by atoms with Crippen molar-refractivity contribution >= 4 is 17.5 Å². The predicted octanol–water partition coefficient (Wildman–Crippen LogP) is 5.16. The van der Waals surface area contributed by atoms with Gasteiger partial charge in [-0.05, 0) is 60.5 Å². The Morgan fingerprint density at radius 2 is 1.79 bits per heavy atom. The molecule has 2 N–H and O–H groups in total. The summed E-state index contributed by atoms with van der Waals surface area (Å²) in [4.78, 5) is 41.2. The number of carboxylic acids is 1. The van der Waals surface area contributed by atoms with Crippen LogP contribution in [-0.4, -0.2) is 63.4 Å². The lowest BCUT2D eigenvalue weighted by atomic mass is 9.49. The Morgan fingerprint density at radius 3 is 2.40 bits per heavy atom. The molecule has 3 aliphatic carbocycles. The number of Topliss-reactive ketones (excluding diaryl/α,β-unsaturated/α-hetero) is 2. The third kappa shape index (κ3) is 3.43. The first-order valence-corrected chi connectivity index (χ1v) is 14.8. The number of hydrogen-bond acceptors (Lipinski definition) is 8. The number of carbonyl (C=O) groups is 3. The van der Waals surface area contributed by atoms with Crippen molar-refractivity contribution in [3.63, 3.8) is 0 Å². The molecule has 1 aromatic carbocycles. The second-order valence-corrected chi connectivity index (χ2v) is 14.0. The number of benzene rings is 1. The van der Waals surface area contributed by atoms with Gasteiger partial charge < -0.3 is 29.2 Å². The van der Waals surface area contributed by atoms with E-state index >= 15 is 0 Å². The van der Waals surface area contributed by atoms with Crippen LogP contribution >= 0.6 is 0 Å². The normalized spacial score (nSPS) is 34.1. The lowest BCUT2D eigenvalue weighted by Gasteiger charge is -2.59. The van der Waals surface area contributed by atoms with E-state index in [9.17, 15) is 24.6 Å². The SMILES string of the molecule is CO[C@]12C=C3C(=O)c4c(O)c(CC=C(C)C)c5c(c4O[C@]34C(C1)C(C)(C)O[C@]4(C/C=C(\C)C(=O)O)C2=O)C(C)(C)[C@H](C)O5. The Hall–Kier alpha value is -3.43. The van der Waals surface area contributed by atoms with Crippen molar-refractivity contribution in [2.45, 2.75) is 109 Å². The third-order valence-corrected chi connectivity index (χ3v) is 10.7. The number of carbonyl (C=O) groups excluding carboxylic acids is 2. The number of ketones is 2. The van der Waals surface area contributed by atoms with Gasteiger partial charge in [0.15, 0.2) is 17.0 Å². The summed E-state index contributed by atoms with van der Waals surface area (Å²) in [5.74, 6) is -2.05. The molecular formula is C34H40O9. The van der Waals surface area contributed by atoms with Crippen LogP contribution in [0.1, 0.15) is 89.7 Å². The van der Waals surface area contributed by atoms with Crippen molar-refractivity contribution in [2.75, 3.05) is 7.11 Å². The zero-order valence-corrected chi connectivity index (χ0v) is 26.3. The van der Waals surface area contributed by atoms with E-state index in [2.05, 4.69) is 0 Å². The van der Waals surface area contributed by atoms with Crippen LogP contribution in [0, 0.1) is 5.92 Å². The number of rotatable bonds is 6. The van der Waals surface area contributed by atoms with E-state index in [1.165, 1.54) is 20.1 Å². The number of methoxy groups -OCH3 is 1. The van der Waals surface area contributed by atoms with Crippen LogP contribution in [0.25, 0.3) is 0 Å². The summed E-state index contributed by atoms with van der Waals surface area (Å²) in [7, 11) is 1.43. The minimum Gasteiger partial charge on any atom is -0.507 e. The molecule has 9 heteroatoms. The van der Waals surface area contributed by atoms with Crippen molar-refractivity contribution in [3.8, 4) is 17.2 Å². The van der Waals surface area contributed by atoms with Gasteiger partial charge >= 0.3 is 5.97 Å². The smallest absolute Gasteiger partial charge is 0.330 e. The molecule has 2 fully saturated rings. The van der Waals surface area contributed by atoms with Gasteiger partial charge in [0.2, 0.25) is 5.78 Å².